The lowest BCUT2D eigenvalue weighted by molar-refractivity contribution is 0.909. The fourth-order valence-electron chi connectivity index (χ4n) is 2.30. The highest BCUT2D eigenvalue weighted by molar-refractivity contribution is 9.11. The van der Waals surface area contributed by atoms with Gasteiger partial charge in [0.2, 0.25) is 0 Å². The second-order valence-electron chi connectivity index (χ2n) is 4.51. The summed E-state index contributed by atoms with van der Waals surface area (Å²) in [4.78, 5) is 4.66. The van der Waals surface area contributed by atoms with Gasteiger partial charge >= 0.3 is 0 Å². The number of hydrogen-bond donors (Lipinski definition) is 0. The highest BCUT2D eigenvalue weighted by Crippen LogP contribution is 2.32. The average Bonchev–Trinajstić information content (AvgIpc) is 2.79. The maximum Gasteiger partial charge on any atom is 0.115 e. The molecule has 0 radical (unpaired) electrons. The molecule has 0 N–H and O–H groups in total. The third-order valence-electron chi connectivity index (χ3n) is 3.17. The second kappa shape index (κ2) is 6.29. The van der Waals surface area contributed by atoms with Gasteiger partial charge in [-0.25, -0.2) is 4.98 Å². The van der Waals surface area contributed by atoms with Crippen molar-refractivity contribution in [2.45, 2.75) is 6.42 Å². The molecule has 1 heterocycles. The monoisotopic (exact) mass is 446 g/mol. The van der Waals surface area contributed by atoms with E-state index in [4.69, 9.17) is 23.2 Å². The Labute approximate surface area is 149 Å². The number of halogens is 4. The van der Waals surface area contributed by atoms with Gasteiger partial charge in [-0.3, -0.25) is 4.57 Å². The molecule has 0 unspecified atom stereocenters. The molecule has 0 aliphatic heterocycles. The molecule has 21 heavy (non-hydrogen) atoms. The fourth-order valence-corrected chi connectivity index (χ4v) is 3.90. The van der Waals surface area contributed by atoms with E-state index in [1.54, 1.807) is 0 Å². The molecular weight excluding hydrogens is 439 g/mol. The average molecular weight is 449 g/mol. The molecule has 0 spiro atoms. The first-order chi connectivity index (χ1) is 10.1. The Kier molecular flexibility index (Phi) is 4.60. The van der Waals surface area contributed by atoms with Crippen LogP contribution in [-0.4, -0.2) is 15.4 Å². The van der Waals surface area contributed by atoms with Crippen LogP contribution in [0.2, 0.25) is 5.02 Å². The Hall–Kier alpha value is -0.550. The van der Waals surface area contributed by atoms with Gasteiger partial charge in [-0.2, -0.15) is 0 Å². The van der Waals surface area contributed by atoms with Crippen molar-refractivity contribution in [2.24, 2.45) is 0 Å². The van der Waals surface area contributed by atoms with Crippen molar-refractivity contribution in [1.82, 2.24) is 9.55 Å². The third kappa shape index (κ3) is 2.87. The number of rotatable bonds is 3. The minimum Gasteiger partial charge on any atom is -0.295 e. The van der Waals surface area contributed by atoms with Crippen molar-refractivity contribution < 1.29 is 0 Å². The summed E-state index contributed by atoms with van der Waals surface area (Å²) in [5, 5.41) is 0.648. The molecule has 0 atom stereocenters. The van der Waals surface area contributed by atoms with Crippen molar-refractivity contribution in [3.05, 3.63) is 56.2 Å². The molecule has 2 aromatic carbocycles. The van der Waals surface area contributed by atoms with Gasteiger partial charge in [-0.05, 0) is 46.3 Å². The molecule has 0 fully saturated rings. The molecule has 3 rings (SSSR count). The van der Waals surface area contributed by atoms with Crippen LogP contribution in [0.5, 0.6) is 0 Å². The van der Waals surface area contributed by atoms with Crippen LogP contribution < -0.4 is 0 Å². The standard InChI is InChI=1S/C15H10Br2Cl2N2/c16-9-4-5-12(10(17)8-9)21-13-3-1-2-11(19)15(13)20-14(21)6-7-18/h1-5,8H,6-7H2. The van der Waals surface area contributed by atoms with Gasteiger partial charge in [0.25, 0.3) is 0 Å². The van der Waals surface area contributed by atoms with Crippen LogP contribution in [-0.2, 0) is 6.42 Å². The Bertz CT molecular complexity index is 815. The first-order valence-corrected chi connectivity index (χ1v) is 8.79. The van der Waals surface area contributed by atoms with E-state index in [1.165, 1.54) is 0 Å². The minimum atomic E-state index is 0.509. The van der Waals surface area contributed by atoms with Crippen molar-refractivity contribution in [3.63, 3.8) is 0 Å². The summed E-state index contributed by atoms with van der Waals surface area (Å²) < 4.78 is 4.09. The van der Waals surface area contributed by atoms with Crippen LogP contribution in [0.4, 0.5) is 0 Å². The number of aromatic nitrogens is 2. The van der Waals surface area contributed by atoms with Crippen LogP contribution in [0.25, 0.3) is 16.7 Å². The first-order valence-electron chi connectivity index (χ1n) is 6.29. The molecule has 0 aliphatic rings. The van der Waals surface area contributed by atoms with Crippen LogP contribution in [0.1, 0.15) is 5.82 Å². The number of nitrogens with zero attached hydrogens (tertiary/aromatic N) is 2. The summed E-state index contributed by atoms with van der Waals surface area (Å²) in [6.07, 6.45) is 0.676. The number of alkyl halides is 1. The summed E-state index contributed by atoms with van der Waals surface area (Å²) in [5.74, 6) is 1.41. The van der Waals surface area contributed by atoms with E-state index in [0.717, 1.165) is 31.5 Å². The number of fused-ring (bicyclic) bond motifs is 1. The third-order valence-corrected chi connectivity index (χ3v) is 4.80. The SMILES string of the molecule is ClCCc1nc2c(Cl)cccc2n1-c1ccc(Br)cc1Br. The van der Waals surface area contributed by atoms with E-state index in [-0.39, 0.29) is 0 Å². The van der Waals surface area contributed by atoms with Gasteiger partial charge in [0.15, 0.2) is 0 Å². The number of aryl methyl sites for hydroxylation is 1. The molecule has 0 bridgehead atoms. The summed E-state index contributed by atoms with van der Waals surface area (Å²) in [6.45, 7) is 0. The van der Waals surface area contributed by atoms with Crippen LogP contribution in [0, 0.1) is 0 Å². The van der Waals surface area contributed by atoms with Crippen LogP contribution >= 0.6 is 55.1 Å². The second-order valence-corrected chi connectivity index (χ2v) is 7.06. The first kappa shape index (κ1) is 15.3. The molecule has 0 amide bonds. The van der Waals surface area contributed by atoms with Gasteiger partial charge in [0, 0.05) is 21.2 Å². The van der Waals surface area contributed by atoms with Gasteiger partial charge in [-0.15, -0.1) is 11.6 Å². The Morgan fingerprint density at radius 2 is 1.95 bits per heavy atom. The number of hydrogen-bond acceptors (Lipinski definition) is 1. The summed E-state index contributed by atoms with van der Waals surface area (Å²) in [6, 6.07) is 11.8. The van der Waals surface area contributed by atoms with Gasteiger partial charge in [0.05, 0.1) is 16.2 Å². The molecule has 0 aliphatic carbocycles. The highest BCUT2D eigenvalue weighted by Gasteiger charge is 2.15. The van der Waals surface area contributed by atoms with Crippen molar-refractivity contribution in [2.75, 3.05) is 5.88 Å². The molecule has 0 saturated heterocycles. The molecule has 6 heteroatoms. The minimum absolute atomic E-state index is 0.509. The van der Waals surface area contributed by atoms with Gasteiger partial charge < -0.3 is 0 Å². The zero-order chi connectivity index (χ0) is 15.0. The van der Waals surface area contributed by atoms with E-state index in [9.17, 15) is 0 Å². The molecule has 108 valence electrons. The number of imidazole rings is 1. The number of para-hydroxylation sites is 1. The normalized spacial score (nSPS) is 11.2. The maximum absolute atomic E-state index is 6.27. The molecule has 2 nitrogen and oxygen atoms in total. The van der Waals surface area contributed by atoms with Crippen molar-refractivity contribution in [1.29, 1.82) is 0 Å². The maximum atomic E-state index is 6.27. The van der Waals surface area contributed by atoms with E-state index < -0.39 is 0 Å². The summed E-state index contributed by atoms with van der Waals surface area (Å²) in [5.41, 5.74) is 2.79. The zero-order valence-electron chi connectivity index (χ0n) is 10.8. The molecule has 0 saturated carbocycles. The van der Waals surface area contributed by atoms with E-state index in [2.05, 4.69) is 41.4 Å². The fraction of sp³-hybridized carbons (Fsp3) is 0.133. The largest absolute Gasteiger partial charge is 0.295 e. The summed E-state index contributed by atoms with van der Waals surface area (Å²) >= 11 is 19.3. The lowest BCUT2D eigenvalue weighted by atomic mass is 10.2. The van der Waals surface area contributed by atoms with E-state index in [0.29, 0.717) is 17.3 Å². The zero-order valence-corrected chi connectivity index (χ0v) is 15.5. The van der Waals surface area contributed by atoms with E-state index >= 15 is 0 Å². The van der Waals surface area contributed by atoms with Gasteiger partial charge in [-0.1, -0.05) is 33.6 Å². The number of benzene rings is 2. The van der Waals surface area contributed by atoms with Crippen LogP contribution in [0.15, 0.2) is 45.3 Å². The van der Waals surface area contributed by atoms with Gasteiger partial charge in [0.1, 0.15) is 11.3 Å². The Balaban J connectivity index is 2.33. The quantitative estimate of drug-likeness (QED) is 0.450. The Morgan fingerprint density at radius 1 is 1.14 bits per heavy atom. The topological polar surface area (TPSA) is 17.8 Å². The predicted molar refractivity (Wildman–Crippen MR) is 95.9 cm³/mol. The van der Waals surface area contributed by atoms with E-state index in [1.807, 2.05) is 36.4 Å². The Morgan fingerprint density at radius 3 is 2.67 bits per heavy atom. The van der Waals surface area contributed by atoms with Crippen LogP contribution in [0.3, 0.4) is 0 Å². The summed E-state index contributed by atoms with van der Waals surface area (Å²) in [7, 11) is 0. The van der Waals surface area contributed by atoms with Crippen molar-refractivity contribution in [3.8, 4) is 5.69 Å². The smallest absolute Gasteiger partial charge is 0.115 e. The molecular formula is C15H10Br2Cl2N2. The lowest BCUT2D eigenvalue weighted by Crippen LogP contribution is -2.03. The van der Waals surface area contributed by atoms with Crippen molar-refractivity contribution >= 4 is 66.1 Å². The highest BCUT2D eigenvalue weighted by atomic mass is 79.9. The lowest BCUT2D eigenvalue weighted by Gasteiger charge is -2.11. The molecule has 1 aromatic heterocycles. The predicted octanol–water partition coefficient (Wildman–Crippen LogP) is 5.99. The molecule has 3 aromatic rings.